The molecule has 0 bridgehead atoms. The Kier molecular flexibility index (Phi) is 8.67. The Hall–Kier alpha value is -0.120. The molecule has 1 aliphatic rings. The van der Waals surface area contributed by atoms with Crippen LogP contribution < -0.4 is 5.32 Å². The van der Waals surface area contributed by atoms with Gasteiger partial charge in [-0.05, 0) is 38.6 Å². The molecule has 1 atom stereocenters. The van der Waals surface area contributed by atoms with Gasteiger partial charge in [-0.1, -0.05) is 19.3 Å². The van der Waals surface area contributed by atoms with Crippen molar-refractivity contribution in [2.45, 2.75) is 51.5 Å². The van der Waals surface area contributed by atoms with Gasteiger partial charge in [-0.3, -0.25) is 0 Å². The maximum atomic E-state index is 5.44. The highest BCUT2D eigenvalue weighted by Crippen LogP contribution is 2.26. The van der Waals surface area contributed by atoms with Crippen LogP contribution in [-0.2, 0) is 9.47 Å². The van der Waals surface area contributed by atoms with Gasteiger partial charge in [0.25, 0.3) is 0 Å². The minimum Gasteiger partial charge on any atom is -0.382 e. The molecule has 3 heteroatoms. The van der Waals surface area contributed by atoms with Crippen LogP contribution in [0.3, 0.4) is 0 Å². The topological polar surface area (TPSA) is 30.5 Å². The Balaban J connectivity index is 1.90. The summed E-state index contributed by atoms with van der Waals surface area (Å²) < 4.78 is 10.4. The first kappa shape index (κ1) is 14.9. The van der Waals surface area contributed by atoms with Crippen molar-refractivity contribution in [1.82, 2.24) is 5.32 Å². The van der Waals surface area contributed by atoms with E-state index in [9.17, 15) is 0 Å². The minimum absolute atomic E-state index is 0.675. The second kappa shape index (κ2) is 9.86. The van der Waals surface area contributed by atoms with Gasteiger partial charge < -0.3 is 14.8 Å². The van der Waals surface area contributed by atoms with E-state index in [0.717, 1.165) is 25.5 Å². The van der Waals surface area contributed by atoms with Crippen molar-refractivity contribution in [2.24, 2.45) is 5.92 Å². The highest BCUT2D eigenvalue weighted by atomic mass is 16.5. The predicted molar refractivity (Wildman–Crippen MR) is 71.4 cm³/mol. The molecule has 1 saturated carbocycles. The predicted octanol–water partition coefficient (Wildman–Crippen LogP) is 2.60. The monoisotopic (exact) mass is 243 g/mol. The van der Waals surface area contributed by atoms with Crippen molar-refractivity contribution in [3.8, 4) is 0 Å². The van der Waals surface area contributed by atoms with Crippen LogP contribution in [0.15, 0.2) is 0 Å². The molecule has 102 valence electrons. The molecule has 0 aliphatic heterocycles. The summed E-state index contributed by atoms with van der Waals surface area (Å²) in [6.07, 6.45) is 8.22. The first-order chi connectivity index (χ1) is 8.34. The summed E-state index contributed by atoms with van der Waals surface area (Å²) >= 11 is 0. The lowest BCUT2D eigenvalue weighted by Crippen LogP contribution is -2.35. The summed E-state index contributed by atoms with van der Waals surface area (Å²) in [5, 5.41) is 3.63. The number of methoxy groups -OCH3 is 1. The van der Waals surface area contributed by atoms with Crippen molar-refractivity contribution in [3.05, 3.63) is 0 Å². The summed E-state index contributed by atoms with van der Waals surface area (Å²) in [5.74, 6) is 0.901. The average molecular weight is 243 g/mol. The van der Waals surface area contributed by atoms with Crippen molar-refractivity contribution >= 4 is 0 Å². The second-order valence-corrected chi connectivity index (χ2v) is 5.10. The summed E-state index contributed by atoms with van der Waals surface area (Å²) in [7, 11) is 1.71. The Labute approximate surface area is 106 Å². The largest absolute Gasteiger partial charge is 0.382 e. The van der Waals surface area contributed by atoms with Crippen molar-refractivity contribution in [1.29, 1.82) is 0 Å². The fourth-order valence-corrected chi connectivity index (χ4v) is 2.55. The third kappa shape index (κ3) is 7.02. The molecule has 0 spiro atoms. The number of rotatable bonds is 9. The molecule has 1 rings (SSSR count). The van der Waals surface area contributed by atoms with E-state index < -0.39 is 0 Å². The molecule has 1 aliphatic carbocycles. The molecule has 0 radical (unpaired) electrons. The van der Waals surface area contributed by atoms with Gasteiger partial charge in [0.1, 0.15) is 0 Å². The zero-order valence-corrected chi connectivity index (χ0v) is 11.5. The van der Waals surface area contributed by atoms with Crippen LogP contribution in [0.4, 0.5) is 0 Å². The quantitative estimate of drug-likeness (QED) is 0.631. The average Bonchev–Trinajstić information content (AvgIpc) is 2.38. The van der Waals surface area contributed by atoms with E-state index in [-0.39, 0.29) is 0 Å². The third-order valence-corrected chi connectivity index (χ3v) is 3.72. The van der Waals surface area contributed by atoms with Crippen LogP contribution in [0.25, 0.3) is 0 Å². The van der Waals surface area contributed by atoms with Gasteiger partial charge >= 0.3 is 0 Å². The Morgan fingerprint density at radius 1 is 1.12 bits per heavy atom. The zero-order valence-electron chi connectivity index (χ0n) is 11.5. The summed E-state index contributed by atoms with van der Waals surface area (Å²) in [6, 6.07) is 0.675. The molecule has 0 aromatic carbocycles. The van der Waals surface area contributed by atoms with Gasteiger partial charge in [0.05, 0.1) is 13.2 Å². The summed E-state index contributed by atoms with van der Waals surface area (Å²) in [5.41, 5.74) is 0. The lowest BCUT2D eigenvalue weighted by atomic mass is 9.84. The van der Waals surface area contributed by atoms with Crippen molar-refractivity contribution in [2.75, 3.05) is 33.5 Å². The number of hydrogen-bond acceptors (Lipinski definition) is 3. The third-order valence-electron chi connectivity index (χ3n) is 3.72. The summed E-state index contributed by atoms with van der Waals surface area (Å²) in [6.45, 7) is 5.67. The molecule has 1 fully saturated rings. The fraction of sp³-hybridized carbons (Fsp3) is 1.00. The SMILES string of the molecule is COCCOCCCN[C@@H](C)C1CCCCC1. The number of hydrogen-bond donors (Lipinski definition) is 1. The van der Waals surface area contributed by atoms with E-state index in [2.05, 4.69) is 12.2 Å². The minimum atomic E-state index is 0.675. The van der Waals surface area contributed by atoms with Crippen molar-refractivity contribution in [3.63, 3.8) is 0 Å². The van der Waals surface area contributed by atoms with Crippen LogP contribution in [0.5, 0.6) is 0 Å². The molecule has 0 unspecified atom stereocenters. The van der Waals surface area contributed by atoms with Gasteiger partial charge in [0.15, 0.2) is 0 Å². The van der Waals surface area contributed by atoms with E-state index in [1.165, 1.54) is 32.1 Å². The lowest BCUT2D eigenvalue weighted by Gasteiger charge is -2.28. The Morgan fingerprint density at radius 3 is 2.59 bits per heavy atom. The fourth-order valence-electron chi connectivity index (χ4n) is 2.55. The maximum absolute atomic E-state index is 5.44. The van der Waals surface area contributed by atoms with Crippen LogP contribution in [0, 0.1) is 5.92 Å². The molecule has 1 N–H and O–H groups in total. The van der Waals surface area contributed by atoms with Crippen LogP contribution >= 0.6 is 0 Å². The normalized spacial score (nSPS) is 19.4. The second-order valence-electron chi connectivity index (χ2n) is 5.10. The Morgan fingerprint density at radius 2 is 1.88 bits per heavy atom. The van der Waals surface area contributed by atoms with E-state index in [1.54, 1.807) is 7.11 Å². The van der Waals surface area contributed by atoms with Gasteiger partial charge in [-0.25, -0.2) is 0 Å². The highest BCUT2D eigenvalue weighted by molar-refractivity contribution is 4.75. The molecule has 0 aromatic heterocycles. The molecular weight excluding hydrogens is 214 g/mol. The molecular formula is C14H29NO2. The first-order valence-electron chi connectivity index (χ1n) is 7.14. The maximum Gasteiger partial charge on any atom is 0.0700 e. The number of nitrogens with one attached hydrogen (secondary N) is 1. The summed E-state index contributed by atoms with van der Waals surface area (Å²) in [4.78, 5) is 0. The molecule has 0 aromatic rings. The Bertz CT molecular complexity index is 170. The van der Waals surface area contributed by atoms with Crippen LogP contribution in [0.2, 0.25) is 0 Å². The molecule has 0 saturated heterocycles. The van der Waals surface area contributed by atoms with Crippen LogP contribution in [-0.4, -0.2) is 39.5 Å². The van der Waals surface area contributed by atoms with Gasteiger partial charge in [-0.15, -0.1) is 0 Å². The van der Waals surface area contributed by atoms with Crippen molar-refractivity contribution < 1.29 is 9.47 Å². The van der Waals surface area contributed by atoms with E-state index in [0.29, 0.717) is 19.3 Å². The lowest BCUT2D eigenvalue weighted by molar-refractivity contribution is 0.0690. The van der Waals surface area contributed by atoms with Gasteiger partial charge in [0, 0.05) is 19.8 Å². The van der Waals surface area contributed by atoms with Gasteiger partial charge in [0.2, 0.25) is 0 Å². The number of ether oxygens (including phenoxy) is 2. The van der Waals surface area contributed by atoms with E-state index >= 15 is 0 Å². The molecule has 3 nitrogen and oxygen atoms in total. The molecule has 0 amide bonds. The smallest absolute Gasteiger partial charge is 0.0700 e. The molecule has 17 heavy (non-hydrogen) atoms. The zero-order chi connectivity index (χ0) is 12.3. The van der Waals surface area contributed by atoms with E-state index in [1.807, 2.05) is 0 Å². The van der Waals surface area contributed by atoms with Gasteiger partial charge in [-0.2, -0.15) is 0 Å². The van der Waals surface area contributed by atoms with Crippen LogP contribution in [0.1, 0.15) is 45.4 Å². The first-order valence-corrected chi connectivity index (χ1v) is 7.14. The highest BCUT2D eigenvalue weighted by Gasteiger charge is 2.18. The molecule has 0 heterocycles. The standard InChI is InChI=1S/C14H29NO2/c1-13(14-7-4-3-5-8-14)15-9-6-10-17-12-11-16-2/h13-15H,3-12H2,1-2H3/t13-/m0/s1. The van der Waals surface area contributed by atoms with E-state index in [4.69, 9.17) is 9.47 Å².